The fourth-order valence-corrected chi connectivity index (χ4v) is 4.93. The van der Waals surface area contributed by atoms with Crippen molar-refractivity contribution in [3.63, 3.8) is 0 Å². The van der Waals surface area contributed by atoms with Crippen LogP contribution in [-0.4, -0.2) is 46.6 Å². The van der Waals surface area contributed by atoms with Gasteiger partial charge < -0.3 is 5.11 Å². The van der Waals surface area contributed by atoms with Crippen molar-refractivity contribution in [3.8, 4) is 0 Å². The van der Waals surface area contributed by atoms with Gasteiger partial charge in [0.1, 0.15) is 4.90 Å². The van der Waals surface area contributed by atoms with E-state index in [1.165, 1.54) is 11.2 Å². The summed E-state index contributed by atoms with van der Waals surface area (Å²) in [5, 5.41) is 15.2. The van der Waals surface area contributed by atoms with Gasteiger partial charge in [-0.3, -0.25) is 5.10 Å². The molecular formula is C13H21N3O4S. The summed E-state index contributed by atoms with van der Waals surface area (Å²) in [6.45, 7) is 3.93. The van der Waals surface area contributed by atoms with Crippen molar-refractivity contribution in [2.75, 3.05) is 6.54 Å². The zero-order valence-corrected chi connectivity index (χ0v) is 13.1. The highest BCUT2D eigenvalue weighted by molar-refractivity contribution is 7.89. The molecule has 2 N–H and O–H groups in total. The molecule has 8 heteroatoms. The molecule has 0 spiro atoms. The maximum Gasteiger partial charge on any atom is 0.357 e. The third kappa shape index (κ3) is 2.96. The lowest BCUT2D eigenvalue weighted by Crippen LogP contribution is -2.40. The first kappa shape index (κ1) is 16.0. The van der Waals surface area contributed by atoms with E-state index >= 15 is 0 Å². The van der Waals surface area contributed by atoms with Crippen LogP contribution >= 0.6 is 0 Å². The number of sulfonamides is 1. The first-order valence-electron chi connectivity index (χ1n) is 7.19. The van der Waals surface area contributed by atoms with Crippen molar-refractivity contribution in [2.45, 2.75) is 56.9 Å². The van der Waals surface area contributed by atoms with E-state index < -0.39 is 21.7 Å². The molecule has 1 aromatic heterocycles. The molecule has 1 aliphatic rings. The lowest BCUT2D eigenvalue weighted by molar-refractivity contribution is 0.0686. The van der Waals surface area contributed by atoms with Crippen molar-refractivity contribution in [1.29, 1.82) is 0 Å². The van der Waals surface area contributed by atoms with E-state index in [1.807, 2.05) is 6.92 Å². The Morgan fingerprint density at radius 1 is 1.43 bits per heavy atom. The van der Waals surface area contributed by atoms with Crippen molar-refractivity contribution in [2.24, 2.45) is 0 Å². The minimum absolute atomic E-state index is 0.0755. The van der Waals surface area contributed by atoms with E-state index in [0.717, 1.165) is 32.1 Å². The van der Waals surface area contributed by atoms with Gasteiger partial charge in [0.05, 0.1) is 5.69 Å². The lowest BCUT2D eigenvalue weighted by atomic mass is 10.1. The van der Waals surface area contributed by atoms with Crippen LogP contribution in [0.25, 0.3) is 0 Å². The minimum atomic E-state index is -3.85. The van der Waals surface area contributed by atoms with Gasteiger partial charge in [0.2, 0.25) is 10.0 Å². The van der Waals surface area contributed by atoms with Crippen LogP contribution in [0.5, 0.6) is 0 Å². The number of hydrogen-bond donors (Lipinski definition) is 2. The molecule has 1 atom stereocenters. The van der Waals surface area contributed by atoms with Crippen LogP contribution < -0.4 is 0 Å². The highest BCUT2D eigenvalue weighted by Crippen LogP contribution is 2.29. The molecule has 2 rings (SSSR count). The van der Waals surface area contributed by atoms with Gasteiger partial charge in [-0.1, -0.05) is 19.8 Å². The lowest BCUT2D eigenvalue weighted by Gasteiger charge is -2.28. The summed E-state index contributed by atoms with van der Waals surface area (Å²) < 4.78 is 27.3. The number of aromatic carboxylic acids is 1. The molecule has 2 heterocycles. The standard InChI is InChI=1S/C13H21N3O4S/c1-3-10-7-5-4-6-8-16(10)21(19,20)12-9(2)14-15-11(12)13(17)18/h10H,3-8H2,1-2H3,(H,14,15)(H,17,18). The molecule has 7 nitrogen and oxygen atoms in total. The Bertz CT molecular complexity index is 623. The number of H-pyrrole nitrogens is 1. The fourth-order valence-electron chi connectivity index (χ4n) is 2.87. The number of nitrogens with zero attached hydrogens (tertiary/aromatic N) is 2. The number of carboxylic acid groups (broad SMARTS) is 1. The molecule has 0 bridgehead atoms. The van der Waals surface area contributed by atoms with Gasteiger partial charge in [0.25, 0.3) is 0 Å². The number of rotatable bonds is 4. The predicted octanol–water partition coefficient (Wildman–Crippen LogP) is 1.76. The zero-order valence-electron chi connectivity index (χ0n) is 12.3. The van der Waals surface area contributed by atoms with Crippen LogP contribution in [0.4, 0.5) is 0 Å². The van der Waals surface area contributed by atoms with Crippen LogP contribution in [0.15, 0.2) is 4.90 Å². The normalized spacial score (nSPS) is 21.1. The van der Waals surface area contributed by atoms with Gasteiger partial charge in [-0.15, -0.1) is 0 Å². The van der Waals surface area contributed by atoms with Crippen LogP contribution in [-0.2, 0) is 10.0 Å². The Morgan fingerprint density at radius 3 is 2.76 bits per heavy atom. The van der Waals surface area contributed by atoms with Crippen LogP contribution in [0, 0.1) is 6.92 Å². The van der Waals surface area contributed by atoms with Crippen LogP contribution in [0.1, 0.15) is 55.2 Å². The van der Waals surface area contributed by atoms with Crippen molar-refractivity contribution >= 4 is 16.0 Å². The Hall–Kier alpha value is -1.41. The minimum Gasteiger partial charge on any atom is -0.476 e. The number of carbonyl (C=O) groups is 1. The molecule has 1 fully saturated rings. The molecule has 0 aliphatic carbocycles. The van der Waals surface area contributed by atoms with Crippen LogP contribution in [0.3, 0.4) is 0 Å². The van der Waals surface area contributed by atoms with E-state index in [2.05, 4.69) is 10.2 Å². The topological polar surface area (TPSA) is 103 Å². The molecular weight excluding hydrogens is 294 g/mol. The number of hydrogen-bond acceptors (Lipinski definition) is 4. The number of carboxylic acids is 1. The molecule has 1 aromatic rings. The molecule has 1 saturated heterocycles. The molecule has 0 aromatic carbocycles. The zero-order chi connectivity index (χ0) is 15.6. The molecule has 118 valence electrons. The summed E-state index contributed by atoms with van der Waals surface area (Å²) in [7, 11) is -3.85. The summed E-state index contributed by atoms with van der Waals surface area (Å²) >= 11 is 0. The van der Waals surface area contributed by atoms with E-state index in [0.29, 0.717) is 6.54 Å². The number of aryl methyl sites for hydroxylation is 1. The number of nitrogens with one attached hydrogen (secondary N) is 1. The van der Waals surface area contributed by atoms with Gasteiger partial charge in [-0.05, 0) is 26.2 Å². The summed E-state index contributed by atoms with van der Waals surface area (Å²) in [6, 6.07) is -0.0755. The molecule has 0 radical (unpaired) electrons. The summed E-state index contributed by atoms with van der Waals surface area (Å²) in [6.07, 6.45) is 4.34. The van der Waals surface area contributed by atoms with E-state index in [4.69, 9.17) is 5.11 Å². The van der Waals surface area contributed by atoms with Crippen molar-refractivity contribution in [3.05, 3.63) is 11.4 Å². The monoisotopic (exact) mass is 315 g/mol. The average molecular weight is 315 g/mol. The van der Waals surface area contributed by atoms with E-state index in [9.17, 15) is 13.2 Å². The summed E-state index contributed by atoms with van der Waals surface area (Å²) in [5.74, 6) is -1.33. The quantitative estimate of drug-likeness (QED) is 0.881. The van der Waals surface area contributed by atoms with E-state index in [1.54, 1.807) is 0 Å². The molecule has 21 heavy (non-hydrogen) atoms. The first-order valence-corrected chi connectivity index (χ1v) is 8.63. The molecule has 0 saturated carbocycles. The Kier molecular flexibility index (Phi) is 4.67. The van der Waals surface area contributed by atoms with Gasteiger partial charge in [-0.2, -0.15) is 9.40 Å². The Morgan fingerprint density at radius 2 is 2.14 bits per heavy atom. The second-order valence-electron chi connectivity index (χ2n) is 5.36. The largest absolute Gasteiger partial charge is 0.476 e. The molecule has 1 unspecified atom stereocenters. The Labute approximate surface area is 124 Å². The highest BCUT2D eigenvalue weighted by atomic mass is 32.2. The van der Waals surface area contributed by atoms with Gasteiger partial charge >= 0.3 is 5.97 Å². The van der Waals surface area contributed by atoms with Crippen molar-refractivity contribution in [1.82, 2.24) is 14.5 Å². The number of aromatic nitrogens is 2. The maximum absolute atomic E-state index is 12.9. The second-order valence-corrected chi connectivity index (χ2v) is 7.19. The van der Waals surface area contributed by atoms with E-state index in [-0.39, 0.29) is 16.6 Å². The second kappa shape index (κ2) is 6.15. The smallest absolute Gasteiger partial charge is 0.357 e. The third-order valence-corrected chi connectivity index (χ3v) is 6.07. The van der Waals surface area contributed by atoms with Gasteiger partial charge in [0, 0.05) is 12.6 Å². The third-order valence-electron chi connectivity index (χ3n) is 3.95. The maximum atomic E-state index is 12.9. The summed E-state index contributed by atoms with van der Waals surface area (Å²) in [4.78, 5) is 11.0. The van der Waals surface area contributed by atoms with Crippen molar-refractivity contribution < 1.29 is 18.3 Å². The fraction of sp³-hybridized carbons (Fsp3) is 0.692. The highest BCUT2D eigenvalue weighted by Gasteiger charge is 2.37. The molecule has 1 aliphatic heterocycles. The summed E-state index contributed by atoms with van der Waals surface area (Å²) in [5.41, 5.74) is -0.155. The van der Waals surface area contributed by atoms with Gasteiger partial charge in [-0.25, -0.2) is 13.2 Å². The predicted molar refractivity (Wildman–Crippen MR) is 76.7 cm³/mol. The first-order chi connectivity index (χ1) is 9.89. The average Bonchev–Trinajstić information content (AvgIpc) is 2.68. The SMILES string of the molecule is CCC1CCCCCN1S(=O)(=O)c1c(C(=O)O)n[nH]c1C. The Balaban J connectivity index is 2.50. The molecule has 0 amide bonds. The van der Waals surface area contributed by atoms with Gasteiger partial charge in [0.15, 0.2) is 5.69 Å². The number of aromatic amines is 1. The van der Waals surface area contributed by atoms with Crippen LogP contribution in [0.2, 0.25) is 0 Å².